The van der Waals surface area contributed by atoms with Crippen LogP contribution in [0, 0.1) is 0 Å². The molecule has 1 aliphatic heterocycles. The normalized spacial score (nSPS) is 19.8. The first-order chi connectivity index (χ1) is 13.3. The van der Waals surface area contributed by atoms with Gasteiger partial charge in [0.05, 0.1) is 18.0 Å². The Morgan fingerprint density at radius 2 is 2.18 bits per heavy atom. The van der Waals surface area contributed by atoms with Crippen LogP contribution in [-0.2, 0) is 25.5 Å². The van der Waals surface area contributed by atoms with Gasteiger partial charge in [0.2, 0.25) is 11.6 Å². The van der Waals surface area contributed by atoms with E-state index in [1.807, 2.05) is 11.4 Å². The van der Waals surface area contributed by atoms with Crippen molar-refractivity contribution in [3.8, 4) is 5.75 Å². The molecule has 1 fully saturated rings. The first-order valence-corrected chi connectivity index (χ1v) is 9.44. The first kappa shape index (κ1) is 20.1. The Morgan fingerprint density at radius 1 is 1.43 bits per heavy atom. The molecular formula is C18H17ClN2O6S. The fraction of sp³-hybridized carbons (Fsp3) is 0.278. The SMILES string of the molecule is COC1(NC(=O)Cc2cccs2)CN(C(C(=O)O)c2ccc(O)c(Cl)c2)C1=O. The van der Waals surface area contributed by atoms with Gasteiger partial charge in [-0.3, -0.25) is 9.59 Å². The van der Waals surface area contributed by atoms with E-state index in [9.17, 15) is 24.6 Å². The zero-order chi connectivity index (χ0) is 20.5. The highest BCUT2D eigenvalue weighted by molar-refractivity contribution is 7.10. The number of carbonyl (C=O) groups is 3. The minimum Gasteiger partial charge on any atom is -0.506 e. The lowest BCUT2D eigenvalue weighted by atomic mass is 9.95. The number of aromatic hydroxyl groups is 1. The third-order valence-electron chi connectivity index (χ3n) is 4.44. The summed E-state index contributed by atoms with van der Waals surface area (Å²) in [5.74, 6) is -2.55. The number of hydrogen-bond acceptors (Lipinski definition) is 6. The third kappa shape index (κ3) is 3.68. The molecule has 0 radical (unpaired) electrons. The number of halogens is 1. The lowest BCUT2D eigenvalue weighted by Gasteiger charge is -2.49. The van der Waals surface area contributed by atoms with Gasteiger partial charge in [-0.25, -0.2) is 4.79 Å². The number of phenols is 1. The molecule has 28 heavy (non-hydrogen) atoms. The number of carboxylic acids is 1. The van der Waals surface area contributed by atoms with Crippen LogP contribution >= 0.6 is 22.9 Å². The average Bonchev–Trinajstić information content (AvgIpc) is 3.15. The molecule has 0 aliphatic carbocycles. The average molecular weight is 425 g/mol. The summed E-state index contributed by atoms with van der Waals surface area (Å²) in [5.41, 5.74) is -1.39. The Morgan fingerprint density at radius 3 is 2.71 bits per heavy atom. The van der Waals surface area contributed by atoms with Gasteiger partial charge < -0.3 is 25.2 Å². The number of aliphatic carboxylic acids is 1. The van der Waals surface area contributed by atoms with E-state index in [-0.39, 0.29) is 29.3 Å². The van der Waals surface area contributed by atoms with Crippen molar-refractivity contribution in [2.45, 2.75) is 18.2 Å². The highest BCUT2D eigenvalue weighted by Gasteiger charge is 2.57. The van der Waals surface area contributed by atoms with Crippen molar-refractivity contribution in [1.29, 1.82) is 0 Å². The number of β-lactam (4-membered cyclic amide) rings is 1. The lowest BCUT2D eigenvalue weighted by Crippen LogP contribution is -2.76. The van der Waals surface area contributed by atoms with E-state index < -0.39 is 29.6 Å². The van der Waals surface area contributed by atoms with Gasteiger partial charge in [0.15, 0.2) is 6.04 Å². The van der Waals surface area contributed by atoms with Crippen molar-refractivity contribution in [2.24, 2.45) is 0 Å². The zero-order valence-electron chi connectivity index (χ0n) is 14.7. The van der Waals surface area contributed by atoms with E-state index in [1.165, 1.54) is 36.6 Å². The topological polar surface area (TPSA) is 116 Å². The molecule has 1 saturated heterocycles. The minimum absolute atomic E-state index is 0.0287. The number of benzene rings is 1. The van der Waals surface area contributed by atoms with E-state index in [1.54, 1.807) is 6.07 Å². The van der Waals surface area contributed by atoms with Gasteiger partial charge in [0.25, 0.3) is 5.91 Å². The fourth-order valence-corrected chi connectivity index (χ4v) is 3.91. The van der Waals surface area contributed by atoms with Gasteiger partial charge in [-0.15, -0.1) is 11.3 Å². The van der Waals surface area contributed by atoms with Crippen LogP contribution in [0.5, 0.6) is 5.75 Å². The van der Waals surface area contributed by atoms with Crippen LogP contribution in [0.4, 0.5) is 0 Å². The minimum atomic E-state index is -1.61. The Balaban J connectivity index is 1.77. The van der Waals surface area contributed by atoms with Gasteiger partial charge in [-0.05, 0) is 29.1 Å². The molecule has 1 aromatic heterocycles. The molecule has 2 aromatic rings. The maximum absolute atomic E-state index is 12.8. The van der Waals surface area contributed by atoms with Gasteiger partial charge in [0.1, 0.15) is 5.75 Å². The van der Waals surface area contributed by atoms with Crippen LogP contribution in [0.2, 0.25) is 5.02 Å². The summed E-state index contributed by atoms with van der Waals surface area (Å²) >= 11 is 7.27. The smallest absolute Gasteiger partial charge is 0.331 e. The first-order valence-electron chi connectivity index (χ1n) is 8.18. The number of likely N-dealkylation sites (tertiary alicyclic amines) is 1. The van der Waals surface area contributed by atoms with E-state index in [0.29, 0.717) is 0 Å². The predicted molar refractivity (Wildman–Crippen MR) is 101 cm³/mol. The number of ether oxygens (including phenoxy) is 1. The molecular weight excluding hydrogens is 408 g/mol. The van der Waals surface area contributed by atoms with Crippen molar-refractivity contribution in [3.05, 3.63) is 51.2 Å². The summed E-state index contributed by atoms with van der Waals surface area (Å²) in [7, 11) is 1.27. The predicted octanol–water partition coefficient (Wildman–Crippen LogP) is 1.78. The van der Waals surface area contributed by atoms with Gasteiger partial charge >= 0.3 is 5.97 Å². The van der Waals surface area contributed by atoms with Crippen molar-refractivity contribution in [2.75, 3.05) is 13.7 Å². The van der Waals surface area contributed by atoms with Crippen LogP contribution in [-0.4, -0.2) is 52.3 Å². The largest absolute Gasteiger partial charge is 0.506 e. The van der Waals surface area contributed by atoms with E-state index in [0.717, 1.165) is 9.78 Å². The van der Waals surface area contributed by atoms with Gasteiger partial charge in [-0.1, -0.05) is 23.7 Å². The molecule has 0 spiro atoms. The number of hydrogen-bond donors (Lipinski definition) is 3. The maximum Gasteiger partial charge on any atom is 0.331 e. The van der Waals surface area contributed by atoms with Gasteiger partial charge in [-0.2, -0.15) is 0 Å². The monoisotopic (exact) mass is 424 g/mol. The molecule has 148 valence electrons. The Bertz CT molecular complexity index is 919. The highest BCUT2D eigenvalue weighted by atomic mass is 35.5. The number of amides is 2. The number of carboxylic acid groups (broad SMARTS) is 1. The fourth-order valence-electron chi connectivity index (χ4n) is 3.01. The number of nitrogens with one attached hydrogen (secondary N) is 1. The molecule has 1 aliphatic rings. The summed E-state index contributed by atoms with van der Waals surface area (Å²) in [4.78, 5) is 38.7. The molecule has 0 saturated carbocycles. The molecule has 10 heteroatoms. The summed E-state index contributed by atoms with van der Waals surface area (Å²) in [5, 5.41) is 23.5. The van der Waals surface area contributed by atoms with E-state index in [2.05, 4.69) is 5.32 Å². The van der Waals surface area contributed by atoms with E-state index in [4.69, 9.17) is 16.3 Å². The second-order valence-corrected chi connectivity index (χ2v) is 7.66. The number of phenolic OH excluding ortho intramolecular Hbond substituents is 1. The summed E-state index contributed by atoms with van der Waals surface area (Å²) < 4.78 is 5.24. The van der Waals surface area contributed by atoms with Crippen LogP contribution < -0.4 is 5.32 Å². The Labute approximate surface area is 169 Å². The molecule has 3 N–H and O–H groups in total. The zero-order valence-corrected chi connectivity index (χ0v) is 16.3. The molecule has 1 aromatic carbocycles. The second-order valence-electron chi connectivity index (χ2n) is 6.22. The van der Waals surface area contributed by atoms with E-state index >= 15 is 0 Å². The summed E-state index contributed by atoms with van der Waals surface area (Å²) in [6.07, 6.45) is 0.0893. The molecule has 3 rings (SSSR count). The van der Waals surface area contributed by atoms with Crippen molar-refractivity contribution in [3.63, 3.8) is 0 Å². The number of rotatable bonds is 7. The molecule has 8 nitrogen and oxygen atoms in total. The Hall–Kier alpha value is -2.62. The van der Waals surface area contributed by atoms with Crippen molar-refractivity contribution >= 4 is 40.7 Å². The number of nitrogens with zero attached hydrogens (tertiary/aromatic N) is 1. The van der Waals surface area contributed by atoms with Crippen molar-refractivity contribution in [1.82, 2.24) is 10.2 Å². The highest BCUT2D eigenvalue weighted by Crippen LogP contribution is 2.36. The molecule has 2 unspecified atom stereocenters. The van der Waals surface area contributed by atoms with Crippen LogP contribution in [0.3, 0.4) is 0 Å². The quantitative estimate of drug-likeness (QED) is 0.461. The number of methoxy groups -OCH3 is 1. The standard InChI is InChI=1S/C18H17ClN2O6S/c1-27-18(20-14(23)8-11-3-2-6-28-11)9-21(17(18)26)15(16(24)25)10-4-5-13(22)12(19)7-10/h2-7,15,22H,8-9H2,1H3,(H,20,23)(H,24,25). The number of carbonyl (C=O) groups excluding carboxylic acids is 2. The Kier molecular flexibility index (Phi) is 5.59. The second kappa shape index (κ2) is 7.78. The summed E-state index contributed by atoms with van der Waals surface area (Å²) in [6.45, 7) is -0.145. The summed E-state index contributed by atoms with van der Waals surface area (Å²) in [6, 6.07) is 6.19. The van der Waals surface area contributed by atoms with Crippen molar-refractivity contribution < 1.29 is 29.3 Å². The van der Waals surface area contributed by atoms with Crippen LogP contribution in [0.1, 0.15) is 16.5 Å². The molecule has 0 bridgehead atoms. The lowest BCUT2D eigenvalue weighted by molar-refractivity contribution is -0.198. The van der Waals surface area contributed by atoms with Gasteiger partial charge in [0, 0.05) is 12.0 Å². The molecule has 2 amide bonds. The third-order valence-corrected chi connectivity index (χ3v) is 5.62. The number of thiophene rings is 1. The van der Waals surface area contributed by atoms with Crippen LogP contribution in [0.25, 0.3) is 0 Å². The van der Waals surface area contributed by atoms with Crippen LogP contribution in [0.15, 0.2) is 35.7 Å². The maximum atomic E-state index is 12.8. The molecule has 2 heterocycles. The molecule has 2 atom stereocenters.